The third-order valence-corrected chi connectivity index (χ3v) is 11.1. The molecule has 1 unspecified atom stereocenters. The van der Waals surface area contributed by atoms with Gasteiger partial charge in [0.05, 0.1) is 0 Å². The number of carbonyl (C=O) groups excluding carboxylic acids is 3. The van der Waals surface area contributed by atoms with Gasteiger partial charge in [-0.05, 0) is 96.3 Å². The van der Waals surface area contributed by atoms with E-state index in [1.54, 1.807) is 0 Å². The molecule has 0 aliphatic carbocycles. The fourth-order valence-corrected chi connectivity index (χ4v) is 7.15. The molecule has 0 aromatic heterocycles. The van der Waals surface area contributed by atoms with E-state index in [2.05, 4.69) is 106 Å². The van der Waals surface area contributed by atoms with E-state index in [1.165, 1.54) is 89.9 Å². The van der Waals surface area contributed by atoms with Crippen LogP contribution in [0.2, 0.25) is 0 Å². The second-order valence-electron chi connectivity index (χ2n) is 17.4. The van der Waals surface area contributed by atoms with Crippen LogP contribution in [0.4, 0.5) is 0 Å². The number of rotatable bonds is 47. The summed E-state index contributed by atoms with van der Waals surface area (Å²) in [7, 11) is 0. The second-order valence-corrected chi connectivity index (χ2v) is 17.4. The molecule has 0 saturated carbocycles. The first kappa shape index (κ1) is 60.6. The lowest BCUT2D eigenvalue weighted by molar-refractivity contribution is -0.167. The molecule has 6 nitrogen and oxygen atoms in total. The molecule has 0 heterocycles. The highest BCUT2D eigenvalue weighted by Crippen LogP contribution is 2.14. The van der Waals surface area contributed by atoms with Crippen molar-refractivity contribution in [3.8, 4) is 0 Å². The molecular formula is C58H98O6. The van der Waals surface area contributed by atoms with Crippen LogP contribution < -0.4 is 0 Å². The van der Waals surface area contributed by atoms with Gasteiger partial charge in [-0.15, -0.1) is 0 Å². The number of esters is 3. The van der Waals surface area contributed by atoms with Crippen LogP contribution in [0.1, 0.15) is 245 Å². The summed E-state index contributed by atoms with van der Waals surface area (Å²) in [5, 5.41) is 0. The van der Waals surface area contributed by atoms with Crippen molar-refractivity contribution in [3.63, 3.8) is 0 Å². The summed E-state index contributed by atoms with van der Waals surface area (Å²) in [6.07, 6.45) is 67.3. The maximum absolute atomic E-state index is 12.8. The number of carbonyl (C=O) groups is 3. The van der Waals surface area contributed by atoms with Crippen molar-refractivity contribution in [2.75, 3.05) is 13.2 Å². The molecule has 0 rings (SSSR count). The Morgan fingerprint density at radius 3 is 0.984 bits per heavy atom. The predicted octanol–water partition coefficient (Wildman–Crippen LogP) is 17.6. The summed E-state index contributed by atoms with van der Waals surface area (Å²) in [4.78, 5) is 37.8. The zero-order valence-electron chi connectivity index (χ0n) is 41.8. The number of unbranched alkanes of at least 4 members (excludes halogenated alkanes) is 22. The monoisotopic (exact) mass is 891 g/mol. The van der Waals surface area contributed by atoms with Crippen LogP contribution in [-0.4, -0.2) is 37.2 Å². The lowest BCUT2D eigenvalue weighted by Crippen LogP contribution is -2.30. The Morgan fingerprint density at radius 1 is 0.328 bits per heavy atom. The molecule has 366 valence electrons. The Balaban J connectivity index is 4.24. The van der Waals surface area contributed by atoms with Crippen LogP contribution in [0.3, 0.4) is 0 Å². The van der Waals surface area contributed by atoms with Crippen molar-refractivity contribution >= 4 is 17.9 Å². The lowest BCUT2D eigenvalue weighted by atomic mass is 10.1. The number of ether oxygens (including phenoxy) is 3. The van der Waals surface area contributed by atoms with E-state index < -0.39 is 6.10 Å². The third kappa shape index (κ3) is 49.6. The molecule has 0 bridgehead atoms. The molecule has 0 saturated heterocycles. The van der Waals surface area contributed by atoms with E-state index in [1.807, 2.05) is 0 Å². The average Bonchev–Trinajstić information content (AvgIpc) is 3.29. The fourth-order valence-electron chi connectivity index (χ4n) is 7.15. The summed E-state index contributed by atoms with van der Waals surface area (Å²) in [6, 6.07) is 0. The molecule has 6 heteroatoms. The van der Waals surface area contributed by atoms with Crippen molar-refractivity contribution in [1.82, 2.24) is 0 Å². The Kier molecular flexibility index (Phi) is 49.4. The van der Waals surface area contributed by atoms with Gasteiger partial charge in [-0.2, -0.15) is 0 Å². The maximum atomic E-state index is 12.8. The largest absolute Gasteiger partial charge is 0.462 e. The molecule has 0 N–H and O–H groups in total. The van der Waals surface area contributed by atoms with Crippen molar-refractivity contribution in [2.45, 2.75) is 252 Å². The molecule has 0 spiro atoms. The van der Waals surface area contributed by atoms with Gasteiger partial charge in [0.2, 0.25) is 0 Å². The van der Waals surface area contributed by atoms with Crippen LogP contribution >= 0.6 is 0 Å². The Morgan fingerprint density at radius 2 is 0.609 bits per heavy atom. The normalized spacial score (nSPS) is 12.7. The first-order chi connectivity index (χ1) is 31.5. The molecule has 0 aliphatic heterocycles. The molecule has 0 fully saturated rings. The summed E-state index contributed by atoms with van der Waals surface area (Å²) in [5.41, 5.74) is 0. The van der Waals surface area contributed by atoms with Gasteiger partial charge in [0.15, 0.2) is 6.10 Å². The highest BCUT2D eigenvalue weighted by molar-refractivity contribution is 5.71. The first-order valence-electron chi connectivity index (χ1n) is 26.6. The number of allylic oxidation sites excluding steroid dienone is 14. The van der Waals surface area contributed by atoms with Crippen LogP contribution in [0.15, 0.2) is 85.1 Å². The van der Waals surface area contributed by atoms with E-state index in [9.17, 15) is 14.4 Å². The summed E-state index contributed by atoms with van der Waals surface area (Å²) in [5.74, 6) is -0.915. The minimum absolute atomic E-state index is 0.0849. The third-order valence-electron chi connectivity index (χ3n) is 11.1. The molecule has 1 atom stereocenters. The fraction of sp³-hybridized carbons (Fsp3) is 0.707. The molecule has 0 aromatic rings. The van der Waals surface area contributed by atoms with E-state index in [0.29, 0.717) is 19.3 Å². The molecule has 0 aliphatic rings. The van der Waals surface area contributed by atoms with Crippen molar-refractivity contribution in [2.24, 2.45) is 0 Å². The molecule has 64 heavy (non-hydrogen) atoms. The van der Waals surface area contributed by atoms with Crippen molar-refractivity contribution < 1.29 is 28.6 Å². The van der Waals surface area contributed by atoms with Gasteiger partial charge < -0.3 is 14.2 Å². The smallest absolute Gasteiger partial charge is 0.306 e. The molecule has 0 radical (unpaired) electrons. The SMILES string of the molecule is CC/C=C\C/C=C\C/C=C\C/C=C\CCCCCCCCCCC(=O)OCC(COC(=O)CCCCCCCC)OC(=O)CCCCCCCC/C=C\C/C=C\C/C=C\CCCCC. The average molecular weight is 891 g/mol. The second kappa shape index (κ2) is 52.2. The Bertz CT molecular complexity index is 1250. The van der Waals surface area contributed by atoms with Crippen molar-refractivity contribution in [3.05, 3.63) is 85.1 Å². The van der Waals surface area contributed by atoms with Gasteiger partial charge in [0, 0.05) is 19.3 Å². The number of hydrogen-bond donors (Lipinski definition) is 0. The van der Waals surface area contributed by atoms with E-state index in [4.69, 9.17) is 14.2 Å². The lowest BCUT2D eigenvalue weighted by Gasteiger charge is -2.18. The number of hydrogen-bond acceptors (Lipinski definition) is 6. The highest BCUT2D eigenvalue weighted by Gasteiger charge is 2.19. The molecular weight excluding hydrogens is 793 g/mol. The van der Waals surface area contributed by atoms with Gasteiger partial charge in [0.25, 0.3) is 0 Å². The van der Waals surface area contributed by atoms with Gasteiger partial charge in [-0.3, -0.25) is 14.4 Å². The Labute approximate surface area is 395 Å². The minimum atomic E-state index is -0.784. The van der Waals surface area contributed by atoms with Crippen LogP contribution in [0, 0.1) is 0 Å². The van der Waals surface area contributed by atoms with Gasteiger partial charge in [-0.1, -0.05) is 215 Å². The van der Waals surface area contributed by atoms with Crippen LogP contribution in [0.5, 0.6) is 0 Å². The predicted molar refractivity (Wildman–Crippen MR) is 274 cm³/mol. The van der Waals surface area contributed by atoms with Gasteiger partial charge in [0.1, 0.15) is 13.2 Å². The van der Waals surface area contributed by atoms with Crippen LogP contribution in [-0.2, 0) is 28.6 Å². The topological polar surface area (TPSA) is 78.9 Å². The zero-order valence-corrected chi connectivity index (χ0v) is 41.8. The van der Waals surface area contributed by atoms with Crippen LogP contribution in [0.25, 0.3) is 0 Å². The van der Waals surface area contributed by atoms with E-state index >= 15 is 0 Å². The van der Waals surface area contributed by atoms with E-state index in [0.717, 1.165) is 116 Å². The summed E-state index contributed by atoms with van der Waals surface area (Å²) < 4.78 is 16.7. The quantitative estimate of drug-likeness (QED) is 0.0262. The standard InChI is InChI=1S/C58H98O6/c1-4-7-10-13-16-18-20-22-24-26-28-29-31-32-34-36-38-40-42-45-48-51-57(60)63-54-55(53-62-56(59)50-47-44-15-12-9-6-3)64-58(61)52-49-46-43-41-39-37-35-33-30-27-25-23-21-19-17-14-11-8-5-2/h7,10,16-19,22-25,28-30,33,55H,4-6,8-9,11-15,20-21,26-27,31-32,34-54H2,1-3H3/b10-7-,18-16-,19-17-,24-22-,25-23-,29-28-,33-30-. The van der Waals surface area contributed by atoms with E-state index in [-0.39, 0.29) is 31.1 Å². The first-order valence-corrected chi connectivity index (χ1v) is 26.6. The minimum Gasteiger partial charge on any atom is -0.462 e. The molecule has 0 amide bonds. The van der Waals surface area contributed by atoms with Gasteiger partial charge in [-0.25, -0.2) is 0 Å². The highest BCUT2D eigenvalue weighted by atomic mass is 16.6. The van der Waals surface area contributed by atoms with Gasteiger partial charge >= 0.3 is 17.9 Å². The zero-order chi connectivity index (χ0) is 46.5. The Hall–Kier alpha value is -3.41. The summed E-state index contributed by atoms with van der Waals surface area (Å²) in [6.45, 7) is 6.42. The maximum Gasteiger partial charge on any atom is 0.306 e. The summed E-state index contributed by atoms with van der Waals surface area (Å²) >= 11 is 0. The van der Waals surface area contributed by atoms with Crippen molar-refractivity contribution in [1.29, 1.82) is 0 Å². The molecule has 0 aromatic carbocycles.